The summed E-state index contributed by atoms with van der Waals surface area (Å²) in [7, 11) is 0. The van der Waals surface area contributed by atoms with Crippen molar-refractivity contribution < 1.29 is 4.79 Å². The maximum absolute atomic E-state index is 12.1. The summed E-state index contributed by atoms with van der Waals surface area (Å²) in [4.78, 5) is 20.4. The van der Waals surface area contributed by atoms with Crippen molar-refractivity contribution in [3.8, 4) is 0 Å². The van der Waals surface area contributed by atoms with E-state index in [9.17, 15) is 4.79 Å². The molecule has 4 heteroatoms. The van der Waals surface area contributed by atoms with Gasteiger partial charge in [-0.3, -0.25) is 4.79 Å². The molecule has 1 aromatic heterocycles. The first-order valence-electron chi connectivity index (χ1n) is 6.16. The lowest BCUT2D eigenvalue weighted by atomic mass is 10.1. The van der Waals surface area contributed by atoms with Crippen molar-refractivity contribution in [2.24, 2.45) is 0 Å². The van der Waals surface area contributed by atoms with E-state index < -0.39 is 0 Å². The summed E-state index contributed by atoms with van der Waals surface area (Å²) in [5.41, 5.74) is 4.31. The number of anilines is 1. The summed E-state index contributed by atoms with van der Waals surface area (Å²) >= 11 is 0. The van der Waals surface area contributed by atoms with Crippen LogP contribution in [0.4, 0.5) is 5.69 Å². The zero-order valence-corrected chi connectivity index (χ0v) is 11.6. The van der Waals surface area contributed by atoms with Gasteiger partial charge in [-0.15, -0.1) is 0 Å². The maximum atomic E-state index is 12.1. The molecular formula is C15H17N3O. The third kappa shape index (κ3) is 3.16. The molecule has 1 heterocycles. The average Bonchev–Trinajstić information content (AvgIpc) is 2.32. The quantitative estimate of drug-likeness (QED) is 0.897. The van der Waals surface area contributed by atoms with Crippen LogP contribution in [0.2, 0.25) is 0 Å². The van der Waals surface area contributed by atoms with Gasteiger partial charge in [0.15, 0.2) is 0 Å². The first-order valence-corrected chi connectivity index (χ1v) is 6.16. The first kappa shape index (κ1) is 13.2. The molecule has 0 atom stereocenters. The van der Waals surface area contributed by atoms with Crippen LogP contribution in [-0.4, -0.2) is 15.9 Å². The van der Waals surface area contributed by atoms with E-state index in [0.29, 0.717) is 11.5 Å². The Kier molecular flexibility index (Phi) is 3.60. The second-order valence-corrected chi connectivity index (χ2v) is 4.69. The Bertz CT molecular complexity index is 615. The van der Waals surface area contributed by atoms with Crippen molar-refractivity contribution in [1.29, 1.82) is 0 Å². The van der Waals surface area contributed by atoms with Crippen LogP contribution < -0.4 is 5.32 Å². The Labute approximate surface area is 112 Å². The maximum Gasteiger partial charge on any atom is 0.274 e. The number of aromatic nitrogens is 2. The topological polar surface area (TPSA) is 54.9 Å². The van der Waals surface area contributed by atoms with Crippen LogP contribution in [0.5, 0.6) is 0 Å². The summed E-state index contributed by atoms with van der Waals surface area (Å²) < 4.78 is 0. The molecule has 0 spiro atoms. The van der Waals surface area contributed by atoms with Gasteiger partial charge in [0.1, 0.15) is 11.5 Å². The molecule has 0 aliphatic carbocycles. The van der Waals surface area contributed by atoms with E-state index in [-0.39, 0.29) is 5.91 Å². The molecule has 4 nitrogen and oxygen atoms in total. The second kappa shape index (κ2) is 5.18. The van der Waals surface area contributed by atoms with Crippen LogP contribution in [0.3, 0.4) is 0 Å². The minimum atomic E-state index is -0.211. The highest BCUT2D eigenvalue weighted by Gasteiger charge is 2.09. The van der Waals surface area contributed by atoms with Crippen LogP contribution in [0.1, 0.15) is 33.1 Å². The Hall–Kier alpha value is -2.23. The summed E-state index contributed by atoms with van der Waals surface area (Å²) in [5.74, 6) is 0.391. The zero-order valence-electron chi connectivity index (χ0n) is 11.6. The number of carbonyl (C=O) groups excluding carboxylic acids is 1. The Morgan fingerprint density at radius 3 is 2.37 bits per heavy atom. The van der Waals surface area contributed by atoms with Gasteiger partial charge in [0, 0.05) is 11.4 Å². The SMILES string of the molecule is Cc1cc(C(=O)Nc2ccc(C)c(C)c2)nc(C)n1. The number of hydrogen-bond acceptors (Lipinski definition) is 3. The van der Waals surface area contributed by atoms with E-state index in [0.717, 1.165) is 16.9 Å². The zero-order chi connectivity index (χ0) is 14.0. The van der Waals surface area contributed by atoms with E-state index in [1.807, 2.05) is 39.0 Å². The summed E-state index contributed by atoms with van der Waals surface area (Å²) in [6, 6.07) is 7.51. The second-order valence-electron chi connectivity index (χ2n) is 4.69. The van der Waals surface area contributed by atoms with Crippen LogP contribution in [-0.2, 0) is 0 Å². The molecule has 0 fully saturated rings. The fraction of sp³-hybridized carbons (Fsp3) is 0.267. The molecule has 0 radical (unpaired) electrons. The smallest absolute Gasteiger partial charge is 0.274 e. The van der Waals surface area contributed by atoms with Crippen LogP contribution in [0.15, 0.2) is 24.3 Å². The highest BCUT2D eigenvalue weighted by Crippen LogP contribution is 2.15. The number of rotatable bonds is 2. The van der Waals surface area contributed by atoms with Gasteiger partial charge < -0.3 is 5.32 Å². The predicted octanol–water partition coefficient (Wildman–Crippen LogP) is 2.96. The lowest BCUT2D eigenvalue weighted by molar-refractivity contribution is 0.102. The molecule has 1 amide bonds. The minimum Gasteiger partial charge on any atom is -0.321 e. The van der Waals surface area contributed by atoms with Gasteiger partial charge in [0.2, 0.25) is 0 Å². The van der Waals surface area contributed by atoms with E-state index >= 15 is 0 Å². The highest BCUT2D eigenvalue weighted by atomic mass is 16.1. The fourth-order valence-corrected chi connectivity index (χ4v) is 1.85. The molecule has 0 bridgehead atoms. The Morgan fingerprint density at radius 2 is 1.74 bits per heavy atom. The number of amides is 1. The summed E-state index contributed by atoms with van der Waals surface area (Å²) in [6.07, 6.45) is 0. The molecule has 0 aliphatic rings. The van der Waals surface area contributed by atoms with Crippen molar-refractivity contribution in [2.75, 3.05) is 5.32 Å². The Balaban J connectivity index is 2.22. The molecule has 0 unspecified atom stereocenters. The van der Waals surface area contributed by atoms with Gasteiger partial charge in [0.05, 0.1) is 0 Å². The van der Waals surface area contributed by atoms with Crippen LogP contribution >= 0.6 is 0 Å². The minimum absolute atomic E-state index is 0.211. The van der Waals surface area contributed by atoms with Gasteiger partial charge in [-0.1, -0.05) is 6.07 Å². The molecule has 98 valence electrons. The van der Waals surface area contributed by atoms with Crippen molar-refractivity contribution in [3.05, 3.63) is 52.6 Å². The number of nitrogens with one attached hydrogen (secondary N) is 1. The third-order valence-corrected chi connectivity index (χ3v) is 2.96. The molecule has 0 aliphatic heterocycles. The number of benzene rings is 1. The van der Waals surface area contributed by atoms with Crippen molar-refractivity contribution >= 4 is 11.6 Å². The molecule has 0 saturated heterocycles. The van der Waals surface area contributed by atoms with Crippen LogP contribution in [0.25, 0.3) is 0 Å². The van der Waals surface area contributed by atoms with Gasteiger partial charge in [-0.25, -0.2) is 9.97 Å². The summed E-state index contributed by atoms with van der Waals surface area (Å²) in [5, 5.41) is 2.85. The molecular weight excluding hydrogens is 238 g/mol. The molecule has 2 aromatic rings. The molecule has 0 saturated carbocycles. The van der Waals surface area contributed by atoms with Crippen molar-refractivity contribution in [1.82, 2.24) is 9.97 Å². The van der Waals surface area contributed by atoms with Gasteiger partial charge in [0.25, 0.3) is 5.91 Å². The van der Waals surface area contributed by atoms with E-state index in [4.69, 9.17) is 0 Å². The first-order chi connectivity index (χ1) is 8.95. The molecule has 1 aromatic carbocycles. The monoisotopic (exact) mass is 255 g/mol. The third-order valence-electron chi connectivity index (χ3n) is 2.96. The summed E-state index contributed by atoms with van der Waals surface area (Å²) in [6.45, 7) is 7.68. The number of nitrogens with zero attached hydrogens (tertiary/aromatic N) is 2. The van der Waals surface area contributed by atoms with Crippen LogP contribution in [0, 0.1) is 27.7 Å². The molecule has 1 N–H and O–H groups in total. The lowest BCUT2D eigenvalue weighted by Gasteiger charge is -2.08. The number of carbonyl (C=O) groups is 1. The Morgan fingerprint density at radius 1 is 1.00 bits per heavy atom. The normalized spacial score (nSPS) is 10.3. The molecule has 19 heavy (non-hydrogen) atoms. The average molecular weight is 255 g/mol. The van der Waals surface area contributed by atoms with Gasteiger partial charge in [-0.05, 0) is 57.0 Å². The lowest BCUT2D eigenvalue weighted by Crippen LogP contribution is -2.15. The van der Waals surface area contributed by atoms with E-state index in [1.165, 1.54) is 5.56 Å². The number of hydrogen-bond donors (Lipinski definition) is 1. The highest BCUT2D eigenvalue weighted by molar-refractivity contribution is 6.02. The standard InChI is InChI=1S/C15H17N3O/c1-9-5-6-13(7-10(9)2)18-15(19)14-8-11(3)16-12(4)17-14/h5-8H,1-4H3,(H,18,19). The largest absolute Gasteiger partial charge is 0.321 e. The van der Waals surface area contributed by atoms with E-state index in [1.54, 1.807) is 13.0 Å². The van der Waals surface area contributed by atoms with Crippen molar-refractivity contribution in [3.63, 3.8) is 0 Å². The molecule has 2 rings (SSSR count). The van der Waals surface area contributed by atoms with Gasteiger partial charge in [-0.2, -0.15) is 0 Å². The van der Waals surface area contributed by atoms with Crippen molar-refractivity contribution in [2.45, 2.75) is 27.7 Å². The fourth-order valence-electron chi connectivity index (χ4n) is 1.85. The number of aryl methyl sites for hydroxylation is 4. The predicted molar refractivity (Wildman–Crippen MR) is 75.4 cm³/mol. The van der Waals surface area contributed by atoms with E-state index in [2.05, 4.69) is 15.3 Å². The van der Waals surface area contributed by atoms with Gasteiger partial charge >= 0.3 is 0 Å².